The lowest BCUT2D eigenvalue weighted by Crippen LogP contribution is -2.24. The SMILES string of the molecule is CCCNCC(Cc1ccc(Br)cn1)c1ccc(F)cc1. The van der Waals surface area contributed by atoms with Crippen molar-refractivity contribution in [3.63, 3.8) is 0 Å². The van der Waals surface area contributed by atoms with E-state index in [-0.39, 0.29) is 5.82 Å². The molecule has 1 aromatic carbocycles. The van der Waals surface area contributed by atoms with Crippen LogP contribution < -0.4 is 5.32 Å². The number of halogens is 2. The van der Waals surface area contributed by atoms with Gasteiger partial charge in [-0.05, 0) is 65.1 Å². The molecule has 2 rings (SSSR count). The standard InChI is InChI=1S/C17H20BrFN2/c1-2-9-20-11-14(13-3-6-16(19)7-4-13)10-17-8-5-15(18)12-21-17/h3-8,12,14,20H,2,9-11H2,1H3. The van der Waals surface area contributed by atoms with Gasteiger partial charge in [0.15, 0.2) is 0 Å². The molecule has 2 aromatic rings. The fourth-order valence-electron chi connectivity index (χ4n) is 2.28. The van der Waals surface area contributed by atoms with E-state index in [1.807, 2.05) is 30.5 Å². The Kier molecular flexibility index (Phi) is 6.33. The summed E-state index contributed by atoms with van der Waals surface area (Å²) in [5.74, 6) is 0.103. The Bertz CT molecular complexity index is 540. The first-order valence-electron chi connectivity index (χ1n) is 7.25. The molecule has 0 aliphatic rings. The van der Waals surface area contributed by atoms with Crippen molar-refractivity contribution in [1.82, 2.24) is 10.3 Å². The van der Waals surface area contributed by atoms with Crippen LogP contribution in [-0.2, 0) is 6.42 Å². The maximum Gasteiger partial charge on any atom is 0.123 e. The van der Waals surface area contributed by atoms with Crippen molar-refractivity contribution in [1.29, 1.82) is 0 Å². The van der Waals surface area contributed by atoms with Gasteiger partial charge in [-0.15, -0.1) is 0 Å². The zero-order valence-corrected chi connectivity index (χ0v) is 13.7. The number of aromatic nitrogens is 1. The second kappa shape index (κ2) is 8.25. The second-order valence-corrected chi connectivity index (χ2v) is 6.04. The van der Waals surface area contributed by atoms with E-state index in [9.17, 15) is 4.39 Å². The summed E-state index contributed by atoms with van der Waals surface area (Å²) < 4.78 is 14.1. The molecule has 0 aliphatic heterocycles. The van der Waals surface area contributed by atoms with Crippen molar-refractivity contribution < 1.29 is 4.39 Å². The van der Waals surface area contributed by atoms with Crippen LogP contribution in [0.4, 0.5) is 4.39 Å². The van der Waals surface area contributed by atoms with Crippen molar-refractivity contribution in [3.05, 3.63) is 64.1 Å². The summed E-state index contributed by atoms with van der Waals surface area (Å²) in [4.78, 5) is 4.44. The lowest BCUT2D eigenvalue weighted by molar-refractivity contribution is 0.569. The molecule has 0 fully saturated rings. The molecule has 0 amide bonds. The van der Waals surface area contributed by atoms with E-state index in [1.54, 1.807) is 0 Å². The van der Waals surface area contributed by atoms with E-state index >= 15 is 0 Å². The third kappa shape index (κ3) is 5.21. The number of hydrogen-bond donors (Lipinski definition) is 1. The number of nitrogens with zero attached hydrogens (tertiary/aromatic N) is 1. The van der Waals surface area contributed by atoms with Gasteiger partial charge in [-0.3, -0.25) is 4.98 Å². The smallest absolute Gasteiger partial charge is 0.123 e. The summed E-state index contributed by atoms with van der Waals surface area (Å²) in [6.07, 6.45) is 3.76. The van der Waals surface area contributed by atoms with Gasteiger partial charge in [0.1, 0.15) is 5.82 Å². The summed E-state index contributed by atoms with van der Waals surface area (Å²) >= 11 is 3.40. The molecular formula is C17H20BrFN2. The van der Waals surface area contributed by atoms with Gasteiger partial charge in [-0.2, -0.15) is 0 Å². The highest BCUT2D eigenvalue weighted by molar-refractivity contribution is 9.10. The molecule has 1 heterocycles. The normalized spacial score (nSPS) is 12.3. The molecule has 112 valence electrons. The molecule has 1 aromatic heterocycles. The molecule has 0 saturated carbocycles. The zero-order valence-electron chi connectivity index (χ0n) is 12.2. The molecule has 0 radical (unpaired) electrons. The number of hydrogen-bond acceptors (Lipinski definition) is 2. The van der Waals surface area contributed by atoms with Crippen molar-refractivity contribution in [2.45, 2.75) is 25.7 Å². The highest BCUT2D eigenvalue weighted by Gasteiger charge is 2.13. The van der Waals surface area contributed by atoms with Crippen LogP contribution in [-0.4, -0.2) is 18.1 Å². The average molecular weight is 351 g/mol. The molecular weight excluding hydrogens is 331 g/mol. The third-order valence-corrected chi connectivity index (χ3v) is 3.87. The van der Waals surface area contributed by atoms with E-state index in [2.05, 4.69) is 33.2 Å². The van der Waals surface area contributed by atoms with E-state index in [4.69, 9.17) is 0 Å². The van der Waals surface area contributed by atoms with Crippen LogP contribution >= 0.6 is 15.9 Å². The number of pyridine rings is 1. The highest BCUT2D eigenvalue weighted by atomic mass is 79.9. The Morgan fingerprint density at radius 1 is 1.19 bits per heavy atom. The topological polar surface area (TPSA) is 24.9 Å². The van der Waals surface area contributed by atoms with Crippen molar-refractivity contribution >= 4 is 15.9 Å². The number of benzene rings is 1. The largest absolute Gasteiger partial charge is 0.316 e. The lowest BCUT2D eigenvalue weighted by Gasteiger charge is -2.18. The van der Waals surface area contributed by atoms with Gasteiger partial charge in [0.25, 0.3) is 0 Å². The van der Waals surface area contributed by atoms with Crippen molar-refractivity contribution in [3.8, 4) is 0 Å². The highest BCUT2D eigenvalue weighted by Crippen LogP contribution is 2.21. The van der Waals surface area contributed by atoms with Gasteiger partial charge in [0.05, 0.1) is 0 Å². The van der Waals surface area contributed by atoms with E-state index < -0.39 is 0 Å². The van der Waals surface area contributed by atoms with Gasteiger partial charge < -0.3 is 5.32 Å². The molecule has 1 unspecified atom stereocenters. The first-order valence-corrected chi connectivity index (χ1v) is 8.05. The van der Waals surface area contributed by atoms with Crippen molar-refractivity contribution in [2.24, 2.45) is 0 Å². The van der Waals surface area contributed by atoms with Crippen LogP contribution in [0.15, 0.2) is 47.1 Å². The van der Waals surface area contributed by atoms with Crippen LogP contribution in [0.1, 0.15) is 30.5 Å². The molecule has 0 spiro atoms. The fraction of sp³-hybridized carbons (Fsp3) is 0.353. The Hall–Kier alpha value is -1.26. The number of rotatable bonds is 7. The predicted octanol–water partition coefficient (Wildman–Crippen LogP) is 4.31. The average Bonchev–Trinajstić information content (AvgIpc) is 2.49. The Morgan fingerprint density at radius 3 is 2.57 bits per heavy atom. The van der Waals surface area contributed by atoms with Gasteiger partial charge in [-0.1, -0.05) is 19.1 Å². The minimum atomic E-state index is -0.194. The maximum absolute atomic E-state index is 13.1. The lowest BCUT2D eigenvalue weighted by atomic mass is 9.93. The van der Waals surface area contributed by atoms with Crippen LogP contribution in [0, 0.1) is 5.82 Å². The minimum absolute atomic E-state index is 0.194. The monoisotopic (exact) mass is 350 g/mol. The molecule has 0 aliphatic carbocycles. The summed E-state index contributed by atoms with van der Waals surface area (Å²) in [6, 6.07) is 10.8. The molecule has 0 saturated heterocycles. The van der Waals surface area contributed by atoms with E-state index in [0.29, 0.717) is 5.92 Å². The quantitative estimate of drug-likeness (QED) is 0.752. The third-order valence-electron chi connectivity index (χ3n) is 3.40. The van der Waals surface area contributed by atoms with Gasteiger partial charge in [-0.25, -0.2) is 4.39 Å². The number of nitrogens with one attached hydrogen (secondary N) is 1. The molecule has 1 atom stereocenters. The molecule has 21 heavy (non-hydrogen) atoms. The van der Waals surface area contributed by atoms with Gasteiger partial charge >= 0.3 is 0 Å². The van der Waals surface area contributed by atoms with Crippen LogP contribution in [0.5, 0.6) is 0 Å². The summed E-state index contributed by atoms with van der Waals surface area (Å²) in [7, 11) is 0. The zero-order chi connectivity index (χ0) is 15.1. The van der Waals surface area contributed by atoms with Crippen molar-refractivity contribution in [2.75, 3.05) is 13.1 Å². The summed E-state index contributed by atoms with van der Waals surface area (Å²) in [6.45, 7) is 4.01. The minimum Gasteiger partial charge on any atom is -0.316 e. The second-order valence-electron chi connectivity index (χ2n) is 5.12. The van der Waals surface area contributed by atoms with Crippen LogP contribution in [0.25, 0.3) is 0 Å². The fourth-order valence-corrected chi connectivity index (χ4v) is 2.51. The molecule has 0 bridgehead atoms. The summed E-state index contributed by atoms with van der Waals surface area (Å²) in [5.41, 5.74) is 2.19. The van der Waals surface area contributed by atoms with Crippen LogP contribution in [0.3, 0.4) is 0 Å². The Balaban J connectivity index is 2.11. The Morgan fingerprint density at radius 2 is 1.95 bits per heavy atom. The molecule has 2 nitrogen and oxygen atoms in total. The molecule has 1 N–H and O–H groups in total. The van der Waals surface area contributed by atoms with E-state index in [1.165, 1.54) is 12.1 Å². The van der Waals surface area contributed by atoms with Crippen LogP contribution in [0.2, 0.25) is 0 Å². The predicted molar refractivity (Wildman–Crippen MR) is 87.9 cm³/mol. The van der Waals surface area contributed by atoms with E-state index in [0.717, 1.165) is 41.7 Å². The molecule has 4 heteroatoms. The first kappa shape index (κ1) is 16.1. The van der Waals surface area contributed by atoms with Gasteiger partial charge in [0, 0.05) is 28.8 Å². The summed E-state index contributed by atoms with van der Waals surface area (Å²) in [5, 5.41) is 3.45. The first-order chi connectivity index (χ1) is 10.2. The Labute approximate surface area is 133 Å². The van der Waals surface area contributed by atoms with Gasteiger partial charge in [0.2, 0.25) is 0 Å². The maximum atomic E-state index is 13.1.